The first-order valence-corrected chi connectivity index (χ1v) is 9.06. The Hall–Kier alpha value is -3.24. The Morgan fingerprint density at radius 3 is 2.79 bits per heavy atom. The Morgan fingerprint density at radius 1 is 1.32 bits per heavy atom. The van der Waals surface area contributed by atoms with Crippen LogP contribution in [0.15, 0.2) is 36.4 Å². The summed E-state index contributed by atoms with van der Waals surface area (Å²) in [4.78, 5) is 38.9. The van der Waals surface area contributed by atoms with Gasteiger partial charge in [0.25, 0.3) is 11.6 Å². The highest BCUT2D eigenvalue weighted by molar-refractivity contribution is 7.22. The number of nitrogens with one attached hydrogen (secondary N) is 1. The van der Waals surface area contributed by atoms with E-state index in [1.54, 1.807) is 12.1 Å². The quantitative estimate of drug-likeness (QED) is 0.365. The first kappa shape index (κ1) is 19.5. The number of rotatable bonds is 5. The number of non-ortho nitro benzene ring substituents is 1. The smallest absolute Gasteiger partial charge is 0.338 e. The Labute approximate surface area is 167 Å². The van der Waals surface area contributed by atoms with Gasteiger partial charge in [0.05, 0.1) is 31.4 Å². The van der Waals surface area contributed by atoms with E-state index in [1.807, 2.05) is 0 Å². The number of nitrogen functional groups attached to an aromatic ring is 1. The lowest BCUT2D eigenvalue weighted by atomic mass is 10.2. The van der Waals surface area contributed by atoms with E-state index < -0.39 is 22.9 Å². The SMILES string of the molecule is CC(OC(=O)c1ccc2nc(N)sc2c1)C(=O)Nc1cc([N+](=O)[O-])ccc1Cl. The zero-order valence-corrected chi connectivity index (χ0v) is 15.9. The number of nitrogens with zero attached hydrogens (tertiary/aromatic N) is 2. The van der Waals surface area contributed by atoms with Crippen LogP contribution < -0.4 is 11.1 Å². The van der Waals surface area contributed by atoms with Crippen LogP contribution in [0.3, 0.4) is 0 Å². The fraction of sp³-hybridized carbons (Fsp3) is 0.118. The molecule has 0 aliphatic heterocycles. The first-order valence-electron chi connectivity index (χ1n) is 7.86. The molecule has 0 aliphatic rings. The van der Waals surface area contributed by atoms with E-state index in [4.69, 9.17) is 22.1 Å². The predicted octanol–water partition coefficient (Wildman–Crippen LogP) is 3.62. The number of nitrogens with two attached hydrogens (primary N) is 1. The molecule has 3 aromatic rings. The zero-order chi connectivity index (χ0) is 20.4. The summed E-state index contributed by atoms with van der Waals surface area (Å²) in [6, 6.07) is 8.36. The molecule has 0 bridgehead atoms. The van der Waals surface area contributed by atoms with E-state index >= 15 is 0 Å². The van der Waals surface area contributed by atoms with Crippen molar-refractivity contribution in [3.05, 3.63) is 57.1 Å². The standard InChI is InChI=1S/C17H13ClN4O5S/c1-8(15(23)20-13-7-10(22(25)26)3-4-11(13)18)27-16(24)9-2-5-12-14(6-9)28-17(19)21-12/h2-8H,1H3,(H2,19,21)(H,20,23). The average molecular weight is 421 g/mol. The van der Waals surface area contributed by atoms with Crippen LogP contribution in [0.25, 0.3) is 10.2 Å². The fourth-order valence-electron chi connectivity index (χ4n) is 2.31. The van der Waals surface area contributed by atoms with Gasteiger partial charge in [-0.15, -0.1) is 0 Å². The Kier molecular flexibility index (Phi) is 5.43. The van der Waals surface area contributed by atoms with Gasteiger partial charge in [-0.1, -0.05) is 22.9 Å². The number of thiazole rings is 1. The lowest BCUT2D eigenvalue weighted by Crippen LogP contribution is -2.30. The van der Waals surface area contributed by atoms with E-state index in [9.17, 15) is 19.7 Å². The number of hydrogen-bond acceptors (Lipinski definition) is 8. The average Bonchev–Trinajstić information content (AvgIpc) is 3.02. The van der Waals surface area contributed by atoms with Gasteiger partial charge in [-0.05, 0) is 31.2 Å². The van der Waals surface area contributed by atoms with Crippen molar-refractivity contribution < 1.29 is 19.2 Å². The Morgan fingerprint density at radius 2 is 2.07 bits per heavy atom. The molecule has 2 aromatic carbocycles. The number of carbonyl (C=O) groups is 2. The number of carbonyl (C=O) groups excluding carboxylic acids is 2. The van der Waals surface area contributed by atoms with Gasteiger partial charge in [0.1, 0.15) is 0 Å². The van der Waals surface area contributed by atoms with Crippen LogP contribution >= 0.6 is 22.9 Å². The van der Waals surface area contributed by atoms with Crippen molar-refractivity contribution >= 4 is 61.5 Å². The van der Waals surface area contributed by atoms with Crippen molar-refractivity contribution in [3.63, 3.8) is 0 Å². The van der Waals surface area contributed by atoms with Crippen LogP contribution in [-0.2, 0) is 9.53 Å². The molecule has 1 amide bonds. The molecule has 0 saturated carbocycles. The summed E-state index contributed by atoms with van der Waals surface area (Å²) in [6.45, 7) is 1.38. The number of esters is 1. The maximum absolute atomic E-state index is 12.3. The van der Waals surface area contributed by atoms with Crippen LogP contribution in [0.1, 0.15) is 17.3 Å². The second kappa shape index (κ2) is 7.79. The summed E-state index contributed by atoms with van der Waals surface area (Å²) < 4.78 is 5.88. The molecule has 0 fully saturated rings. The number of halogens is 1. The molecular formula is C17H13ClN4O5S. The van der Waals surface area contributed by atoms with Crippen LogP contribution in [0.5, 0.6) is 0 Å². The maximum atomic E-state index is 12.3. The third kappa shape index (κ3) is 4.18. The third-order valence-electron chi connectivity index (χ3n) is 3.71. The van der Waals surface area contributed by atoms with E-state index in [0.717, 1.165) is 6.07 Å². The van der Waals surface area contributed by atoms with Crippen LogP contribution in [-0.4, -0.2) is 27.9 Å². The number of ether oxygens (including phenoxy) is 1. The number of nitro groups is 1. The van der Waals surface area contributed by atoms with E-state index in [1.165, 1.54) is 36.5 Å². The van der Waals surface area contributed by atoms with Crippen LogP contribution in [0.2, 0.25) is 5.02 Å². The van der Waals surface area contributed by atoms with Crippen LogP contribution in [0.4, 0.5) is 16.5 Å². The Balaban J connectivity index is 1.70. The second-order valence-electron chi connectivity index (χ2n) is 5.69. The molecule has 0 saturated heterocycles. The topological polar surface area (TPSA) is 137 Å². The number of amides is 1. The summed E-state index contributed by atoms with van der Waals surface area (Å²) >= 11 is 7.17. The van der Waals surface area contributed by atoms with Gasteiger partial charge >= 0.3 is 5.97 Å². The molecular weight excluding hydrogens is 408 g/mol. The van der Waals surface area contributed by atoms with Crippen molar-refractivity contribution in [2.24, 2.45) is 0 Å². The van der Waals surface area contributed by atoms with Gasteiger partial charge < -0.3 is 15.8 Å². The van der Waals surface area contributed by atoms with Crippen molar-refractivity contribution in [3.8, 4) is 0 Å². The van der Waals surface area contributed by atoms with Gasteiger partial charge in [-0.3, -0.25) is 14.9 Å². The largest absolute Gasteiger partial charge is 0.449 e. The Bertz CT molecular complexity index is 1100. The monoisotopic (exact) mass is 420 g/mol. The van der Waals surface area contributed by atoms with Gasteiger partial charge in [-0.2, -0.15) is 0 Å². The summed E-state index contributed by atoms with van der Waals surface area (Å²) in [5.41, 5.74) is 6.35. The van der Waals surface area contributed by atoms with Gasteiger partial charge in [0.15, 0.2) is 11.2 Å². The van der Waals surface area contributed by atoms with Crippen LogP contribution in [0, 0.1) is 10.1 Å². The molecule has 1 heterocycles. The first-order chi connectivity index (χ1) is 13.2. The highest BCUT2D eigenvalue weighted by atomic mass is 35.5. The highest BCUT2D eigenvalue weighted by Crippen LogP contribution is 2.27. The minimum atomic E-state index is -1.16. The summed E-state index contributed by atoms with van der Waals surface area (Å²) in [5, 5.41) is 13.8. The molecule has 0 aliphatic carbocycles. The normalized spacial score (nSPS) is 11.8. The number of hydrogen-bond donors (Lipinski definition) is 2. The van der Waals surface area contributed by atoms with E-state index in [-0.39, 0.29) is 22.0 Å². The minimum absolute atomic E-state index is 0.0466. The number of benzene rings is 2. The highest BCUT2D eigenvalue weighted by Gasteiger charge is 2.21. The predicted molar refractivity (Wildman–Crippen MR) is 106 cm³/mol. The number of fused-ring (bicyclic) bond motifs is 1. The summed E-state index contributed by atoms with van der Waals surface area (Å²) in [6.07, 6.45) is -1.16. The van der Waals surface area contributed by atoms with E-state index in [2.05, 4.69) is 10.3 Å². The molecule has 1 aromatic heterocycles. The fourth-order valence-corrected chi connectivity index (χ4v) is 3.25. The van der Waals surface area contributed by atoms with Gasteiger partial charge in [-0.25, -0.2) is 9.78 Å². The molecule has 1 unspecified atom stereocenters. The molecule has 0 radical (unpaired) electrons. The molecule has 0 spiro atoms. The maximum Gasteiger partial charge on any atom is 0.338 e. The third-order valence-corrected chi connectivity index (χ3v) is 4.89. The molecule has 9 nitrogen and oxygen atoms in total. The van der Waals surface area contributed by atoms with Crippen molar-refractivity contribution in [2.45, 2.75) is 13.0 Å². The van der Waals surface area contributed by atoms with Gasteiger partial charge in [0.2, 0.25) is 0 Å². The van der Waals surface area contributed by atoms with E-state index in [0.29, 0.717) is 15.3 Å². The molecule has 1 atom stereocenters. The number of nitro benzene ring substituents is 1. The molecule has 144 valence electrons. The van der Waals surface area contributed by atoms with Crippen molar-refractivity contribution in [1.82, 2.24) is 4.98 Å². The molecule has 3 N–H and O–H groups in total. The van der Waals surface area contributed by atoms with Gasteiger partial charge in [0, 0.05) is 12.1 Å². The van der Waals surface area contributed by atoms with Crippen molar-refractivity contribution in [1.29, 1.82) is 0 Å². The molecule has 11 heteroatoms. The number of anilines is 2. The lowest BCUT2D eigenvalue weighted by molar-refractivity contribution is -0.384. The zero-order valence-electron chi connectivity index (χ0n) is 14.3. The second-order valence-corrected chi connectivity index (χ2v) is 7.16. The number of aromatic nitrogens is 1. The minimum Gasteiger partial charge on any atom is -0.449 e. The summed E-state index contributed by atoms with van der Waals surface area (Å²) in [5.74, 6) is -1.39. The molecule has 28 heavy (non-hydrogen) atoms. The summed E-state index contributed by atoms with van der Waals surface area (Å²) in [7, 11) is 0. The molecule has 3 rings (SSSR count). The lowest BCUT2D eigenvalue weighted by Gasteiger charge is -2.14. The van der Waals surface area contributed by atoms with Crippen molar-refractivity contribution in [2.75, 3.05) is 11.1 Å².